The van der Waals surface area contributed by atoms with E-state index < -0.39 is 11.2 Å². The first-order valence-corrected chi connectivity index (χ1v) is 7.68. The molecule has 3 saturated heterocycles. The topological polar surface area (TPSA) is 31.0 Å². The van der Waals surface area contributed by atoms with E-state index in [0.717, 1.165) is 11.1 Å². The molecular formula is C18H14F2O3. The van der Waals surface area contributed by atoms with Crippen LogP contribution in [0.15, 0.2) is 48.5 Å². The zero-order valence-corrected chi connectivity index (χ0v) is 12.2. The molecule has 0 spiro atoms. The van der Waals surface area contributed by atoms with Gasteiger partial charge in [0.05, 0.1) is 0 Å². The first-order chi connectivity index (χ1) is 11.1. The van der Waals surface area contributed by atoms with Crippen LogP contribution < -0.4 is 0 Å². The molecule has 23 heavy (non-hydrogen) atoms. The van der Waals surface area contributed by atoms with Crippen molar-refractivity contribution in [1.82, 2.24) is 0 Å². The smallest absolute Gasteiger partial charge is 0.157 e. The summed E-state index contributed by atoms with van der Waals surface area (Å²) in [5.41, 5.74) is 0.359. The molecule has 0 unspecified atom stereocenters. The maximum atomic E-state index is 13.2. The van der Waals surface area contributed by atoms with Crippen LogP contribution in [0.1, 0.15) is 24.0 Å². The summed E-state index contributed by atoms with van der Waals surface area (Å²) in [7, 11) is 0. The number of fused-ring (bicyclic) bond motifs is 2. The van der Waals surface area contributed by atoms with Crippen molar-refractivity contribution in [2.24, 2.45) is 0 Å². The molecule has 3 aliphatic heterocycles. The fraction of sp³-hybridized carbons (Fsp3) is 0.333. The number of hydrogen-bond donors (Lipinski definition) is 0. The van der Waals surface area contributed by atoms with Gasteiger partial charge in [-0.15, -0.1) is 0 Å². The normalized spacial score (nSPS) is 37.5. The van der Waals surface area contributed by atoms with Gasteiger partial charge in [-0.1, -0.05) is 24.3 Å². The quantitative estimate of drug-likeness (QED) is 0.627. The van der Waals surface area contributed by atoms with E-state index in [1.165, 1.54) is 24.3 Å². The molecule has 4 aliphatic rings. The van der Waals surface area contributed by atoms with Crippen molar-refractivity contribution >= 4 is 0 Å². The van der Waals surface area contributed by atoms with Crippen molar-refractivity contribution in [3.05, 3.63) is 71.3 Å². The molecule has 1 saturated carbocycles. The average Bonchev–Trinajstić information content (AvgIpc) is 3.40. The van der Waals surface area contributed by atoms with Crippen LogP contribution in [0, 0.1) is 11.6 Å². The zero-order chi connectivity index (χ0) is 15.7. The van der Waals surface area contributed by atoms with Gasteiger partial charge in [0.25, 0.3) is 0 Å². The van der Waals surface area contributed by atoms with Gasteiger partial charge >= 0.3 is 0 Å². The molecule has 2 aromatic carbocycles. The summed E-state index contributed by atoms with van der Waals surface area (Å²) < 4.78 is 32.3. The van der Waals surface area contributed by atoms with Crippen LogP contribution >= 0.6 is 0 Å². The second-order valence-corrected chi connectivity index (χ2v) is 6.44. The van der Waals surface area contributed by atoms with Crippen LogP contribution in [0.4, 0.5) is 8.78 Å². The Hall–Kier alpha value is -1.82. The predicted octanol–water partition coefficient (Wildman–Crippen LogP) is 3.58. The van der Waals surface area contributed by atoms with E-state index in [1.54, 1.807) is 24.3 Å². The zero-order valence-electron chi connectivity index (χ0n) is 12.2. The van der Waals surface area contributed by atoms with Crippen LogP contribution in [0.2, 0.25) is 0 Å². The van der Waals surface area contributed by atoms with E-state index in [-0.39, 0.29) is 23.8 Å². The first-order valence-electron chi connectivity index (χ1n) is 7.68. The molecule has 2 aromatic rings. The van der Waals surface area contributed by atoms with E-state index >= 15 is 0 Å². The number of halogens is 2. The summed E-state index contributed by atoms with van der Waals surface area (Å²) in [4.78, 5) is 11.6. The average molecular weight is 316 g/mol. The lowest BCUT2D eigenvalue weighted by Crippen LogP contribution is -2.56. The molecule has 4 atom stereocenters. The Kier molecular flexibility index (Phi) is 2.59. The van der Waals surface area contributed by atoms with Crippen LogP contribution in [-0.4, -0.2) is 12.2 Å². The van der Waals surface area contributed by atoms with Crippen molar-refractivity contribution in [2.45, 2.75) is 36.3 Å². The predicted molar refractivity (Wildman–Crippen MR) is 76.2 cm³/mol. The minimum Gasteiger partial charge on any atom is -0.362 e. The highest BCUT2D eigenvalue weighted by Gasteiger charge is 2.74. The monoisotopic (exact) mass is 316 g/mol. The van der Waals surface area contributed by atoms with Gasteiger partial charge in [-0.3, -0.25) is 0 Å². The summed E-state index contributed by atoms with van der Waals surface area (Å²) in [6, 6.07) is 12.5. The summed E-state index contributed by atoms with van der Waals surface area (Å²) >= 11 is 0. The van der Waals surface area contributed by atoms with E-state index in [9.17, 15) is 8.78 Å². The third-order valence-corrected chi connectivity index (χ3v) is 5.28. The van der Waals surface area contributed by atoms with Gasteiger partial charge in [0, 0.05) is 0 Å². The van der Waals surface area contributed by atoms with Crippen molar-refractivity contribution in [1.29, 1.82) is 0 Å². The summed E-state index contributed by atoms with van der Waals surface area (Å²) in [6.45, 7) is 0. The molecule has 0 amide bonds. The lowest BCUT2D eigenvalue weighted by molar-refractivity contribution is -0.468. The lowest BCUT2D eigenvalue weighted by Gasteiger charge is -2.48. The highest BCUT2D eigenvalue weighted by Crippen LogP contribution is 2.64. The molecule has 2 bridgehead atoms. The molecule has 0 aromatic heterocycles. The van der Waals surface area contributed by atoms with Crippen LogP contribution in [0.5, 0.6) is 0 Å². The number of ether oxygens (including phenoxy) is 1. The molecule has 1 aliphatic carbocycles. The molecule has 4 fully saturated rings. The van der Waals surface area contributed by atoms with E-state index in [2.05, 4.69) is 0 Å². The fourth-order valence-corrected chi connectivity index (χ4v) is 3.98. The second kappa shape index (κ2) is 4.38. The van der Waals surface area contributed by atoms with Gasteiger partial charge in [0.2, 0.25) is 0 Å². The Morgan fingerprint density at radius 3 is 1.43 bits per heavy atom. The van der Waals surface area contributed by atoms with Crippen molar-refractivity contribution in [2.75, 3.05) is 0 Å². The minimum atomic E-state index is -0.680. The molecule has 0 radical (unpaired) electrons. The molecular weight excluding hydrogens is 302 g/mol. The standard InChI is InChI=1S/C18H14F2O3/c19-13-5-1-11(2-6-13)17-9-10-18(23-22-17,16-15(17)21-16)12-3-7-14(20)8-4-12/h1-8,15-16H,9-10H2/t15-,16+,17+,18-. The molecule has 0 N–H and O–H groups in total. The van der Waals surface area contributed by atoms with Gasteiger partial charge in [0.1, 0.15) is 23.8 Å². The largest absolute Gasteiger partial charge is 0.362 e. The molecule has 6 rings (SSSR count). The minimum absolute atomic E-state index is 0.125. The molecule has 5 heteroatoms. The highest BCUT2D eigenvalue weighted by molar-refractivity contribution is 5.37. The van der Waals surface area contributed by atoms with Gasteiger partial charge < -0.3 is 4.74 Å². The summed E-state index contributed by atoms with van der Waals surface area (Å²) in [6.07, 6.45) is 1.16. The Morgan fingerprint density at radius 2 is 1.09 bits per heavy atom. The fourth-order valence-electron chi connectivity index (χ4n) is 3.98. The number of epoxide rings is 1. The lowest BCUT2D eigenvalue weighted by atomic mass is 9.69. The Morgan fingerprint density at radius 1 is 0.696 bits per heavy atom. The van der Waals surface area contributed by atoms with E-state index in [1.807, 2.05) is 0 Å². The molecule has 3 heterocycles. The van der Waals surface area contributed by atoms with Crippen molar-refractivity contribution in [3.8, 4) is 0 Å². The van der Waals surface area contributed by atoms with Crippen molar-refractivity contribution < 1.29 is 23.3 Å². The molecule has 118 valence electrons. The SMILES string of the molecule is Fc1ccc([C@]23CC[C@](c4ccc(F)cc4)(OO2)[C@H]2O[C@H]23)cc1. The first kappa shape index (κ1) is 13.6. The third kappa shape index (κ3) is 1.73. The summed E-state index contributed by atoms with van der Waals surface area (Å²) in [5.74, 6) is -0.571. The van der Waals surface area contributed by atoms with E-state index in [0.29, 0.717) is 12.8 Å². The molecule has 3 nitrogen and oxygen atoms in total. The van der Waals surface area contributed by atoms with E-state index in [4.69, 9.17) is 14.5 Å². The van der Waals surface area contributed by atoms with Gasteiger partial charge in [-0.25, -0.2) is 18.6 Å². The summed E-state index contributed by atoms with van der Waals surface area (Å²) in [5, 5.41) is 0. The second-order valence-electron chi connectivity index (χ2n) is 6.44. The van der Waals surface area contributed by atoms with Crippen molar-refractivity contribution in [3.63, 3.8) is 0 Å². The van der Waals surface area contributed by atoms with Crippen LogP contribution in [0.25, 0.3) is 0 Å². The van der Waals surface area contributed by atoms with Gasteiger partial charge in [-0.05, 0) is 48.2 Å². The van der Waals surface area contributed by atoms with Gasteiger partial charge in [0.15, 0.2) is 11.2 Å². The number of hydrogen-bond acceptors (Lipinski definition) is 3. The maximum Gasteiger partial charge on any atom is 0.157 e. The Bertz CT molecular complexity index is 683. The number of rotatable bonds is 2. The highest BCUT2D eigenvalue weighted by atomic mass is 19.1. The Labute approximate surface area is 131 Å². The number of benzene rings is 2. The third-order valence-electron chi connectivity index (χ3n) is 5.28. The Balaban J connectivity index is 1.52. The van der Waals surface area contributed by atoms with Gasteiger partial charge in [-0.2, -0.15) is 0 Å². The van der Waals surface area contributed by atoms with Crippen LogP contribution in [0.3, 0.4) is 0 Å². The maximum absolute atomic E-state index is 13.2. The van der Waals surface area contributed by atoms with Crippen LogP contribution in [-0.2, 0) is 25.7 Å².